The summed E-state index contributed by atoms with van der Waals surface area (Å²) in [6, 6.07) is 8.58. The summed E-state index contributed by atoms with van der Waals surface area (Å²) >= 11 is 0. The van der Waals surface area contributed by atoms with Crippen LogP contribution in [-0.2, 0) is 6.42 Å². The predicted molar refractivity (Wildman–Crippen MR) is 73.3 cm³/mol. The molecule has 0 fully saturated rings. The van der Waals surface area contributed by atoms with Crippen LogP contribution in [0.1, 0.15) is 22.3 Å². The van der Waals surface area contributed by atoms with Crippen LogP contribution in [0.15, 0.2) is 30.3 Å². The fourth-order valence-corrected chi connectivity index (χ4v) is 2.23. The fourth-order valence-electron chi connectivity index (χ4n) is 2.23. The number of benzene rings is 2. The fraction of sp³-hybridized carbons (Fsp3) is 0.250. The van der Waals surface area contributed by atoms with E-state index in [0.29, 0.717) is 6.42 Å². The average Bonchev–Trinajstić information content (AvgIpc) is 2.34. The van der Waals surface area contributed by atoms with Crippen LogP contribution in [0.2, 0.25) is 0 Å². The number of hydrogen-bond acceptors (Lipinski definition) is 2. The van der Waals surface area contributed by atoms with E-state index < -0.39 is 0 Å². The van der Waals surface area contributed by atoms with Crippen LogP contribution in [0.4, 0.5) is 4.39 Å². The molecule has 0 aliphatic carbocycles. The number of aromatic hydroxyl groups is 1. The van der Waals surface area contributed by atoms with Gasteiger partial charge < -0.3 is 9.84 Å². The van der Waals surface area contributed by atoms with Gasteiger partial charge in [0.15, 0.2) is 11.6 Å². The number of phenolic OH excluding ortho intramolecular Hbond substituents is 1. The van der Waals surface area contributed by atoms with E-state index in [4.69, 9.17) is 4.74 Å². The number of phenols is 1. The zero-order valence-corrected chi connectivity index (χ0v) is 11.3. The molecule has 0 aromatic heterocycles. The first-order valence-electron chi connectivity index (χ1n) is 6.12. The lowest BCUT2D eigenvalue weighted by atomic mass is 9.97. The van der Waals surface area contributed by atoms with Crippen LogP contribution in [0.5, 0.6) is 11.5 Å². The Morgan fingerprint density at radius 3 is 2.47 bits per heavy atom. The molecule has 0 amide bonds. The highest BCUT2D eigenvalue weighted by atomic mass is 19.1. The molecule has 0 radical (unpaired) electrons. The molecule has 0 bridgehead atoms. The molecule has 0 saturated carbocycles. The minimum atomic E-state index is -0.385. The van der Waals surface area contributed by atoms with E-state index >= 15 is 0 Å². The van der Waals surface area contributed by atoms with Crippen LogP contribution in [-0.4, -0.2) is 12.2 Å². The molecule has 0 unspecified atom stereocenters. The number of halogens is 1. The van der Waals surface area contributed by atoms with Gasteiger partial charge in [-0.1, -0.05) is 12.1 Å². The molecule has 3 heteroatoms. The van der Waals surface area contributed by atoms with Gasteiger partial charge in [-0.25, -0.2) is 4.39 Å². The summed E-state index contributed by atoms with van der Waals surface area (Å²) in [4.78, 5) is 0. The van der Waals surface area contributed by atoms with Crippen LogP contribution in [0.25, 0.3) is 0 Å². The normalized spacial score (nSPS) is 10.5. The highest BCUT2D eigenvalue weighted by Crippen LogP contribution is 2.27. The number of methoxy groups -OCH3 is 1. The monoisotopic (exact) mass is 260 g/mol. The van der Waals surface area contributed by atoms with Gasteiger partial charge in [0.25, 0.3) is 0 Å². The topological polar surface area (TPSA) is 29.5 Å². The molecule has 19 heavy (non-hydrogen) atoms. The van der Waals surface area contributed by atoms with Gasteiger partial charge in [-0.15, -0.1) is 0 Å². The van der Waals surface area contributed by atoms with Gasteiger partial charge >= 0.3 is 0 Å². The predicted octanol–water partition coefficient (Wildman–Crippen LogP) is 3.75. The first-order chi connectivity index (χ1) is 9.01. The minimum absolute atomic E-state index is 0.230. The maximum Gasteiger partial charge on any atom is 0.165 e. The molecule has 0 aliphatic heterocycles. The van der Waals surface area contributed by atoms with Crippen molar-refractivity contribution in [3.05, 3.63) is 58.4 Å². The lowest BCUT2D eigenvalue weighted by Crippen LogP contribution is -1.96. The Balaban J connectivity index is 2.34. The largest absolute Gasteiger partial charge is 0.508 e. The van der Waals surface area contributed by atoms with Gasteiger partial charge in [-0.05, 0) is 48.7 Å². The highest BCUT2D eigenvalue weighted by Gasteiger charge is 2.09. The second kappa shape index (κ2) is 5.31. The molecule has 2 nitrogen and oxygen atoms in total. The Morgan fingerprint density at radius 2 is 1.89 bits per heavy atom. The van der Waals surface area contributed by atoms with Crippen molar-refractivity contribution in [1.29, 1.82) is 0 Å². The summed E-state index contributed by atoms with van der Waals surface area (Å²) in [7, 11) is 1.44. The molecular formula is C16H17FO2. The summed E-state index contributed by atoms with van der Waals surface area (Å²) < 4.78 is 18.5. The molecule has 100 valence electrons. The molecule has 1 N–H and O–H groups in total. The zero-order chi connectivity index (χ0) is 14.0. The van der Waals surface area contributed by atoms with Crippen molar-refractivity contribution in [2.45, 2.75) is 20.3 Å². The molecule has 2 rings (SSSR count). The zero-order valence-electron chi connectivity index (χ0n) is 11.3. The number of ether oxygens (including phenoxy) is 1. The smallest absolute Gasteiger partial charge is 0.165 e. The number of hydrogen-bond donors (Lipinski definition) is 1. The van der Waals surface area contributed by atoms with E-state index in [1.165, 1.54) is 13.2 Å². The first kappa shape index (κ1) is 13.4. The number of rotatable bonds is 3. The quantitative estimate of drug-likeness (QED) is 0.910. The molecule has 0 atom stereocenters. The standard InChI is InChI=1S/C16H17FO2/c1-10-6-11(2)13(15(18)7-10)8-12-4-5-16(19-3)14(17)9-12/h4-7,9,18H,8H2,1-3H3. The van der Waals surface area contributed by atoms with E-state index in [0.717, 1.165) is 22.3 Å². The maximum atomic E-state index is 13.6. The van der Waals surface area contributed by atoms with Gasteiger partial charge in [0.05, 0.1) is 7.11 Å². The van der Waals surface area contributed by atoms with Crippen LogP contribution < -0.4 is 4.74 Å². The second-order valence-corrected chi connectivity index (χ2v) is 4.73. The third-order valence-electron chi connectivity index (χ3n) is 3.19. The lowest BCUT2D eigenvalue weighted by Gasteiger charge is -2.11. The van der Waals surface area contributed by atoms with Crippen LogP contribution in [0, 0.1) is 19.7 Å². The van der Waals surface area contributed by atoms with Crippen molar-refractivity contribution >= 4 is 0 Å². The van der Waals surface area contributed by atoms with E-state index in [2.05, 4.69) is 0 Å². The third kappa shape index (κ3) is 2.87. The Kier molecular flexibility index (Phi) is 3.74. The van der Waals surface area contributed by atoms with Gasteiger partial charge in [-0.3, -0.25) is 0 Å². The summed E-state index contributed by atoms with van der Waals surface area (Å²) in [5, 5.41) is 9.99. The Hall–Kier alpha value is -2.03. The second-order valence-electron chi connectivity index (χ2n) is 4.73. The van der Waals surface area contributed by atoms with Crippen molar-refractivity contribution in [1.82, 2.24) is 0 Å². The summed E-state index contributed by atoms with van der Waals surface area (Å²) in [6.07, 6.45) is 0.499. The van der Waals surface area contributed by atoms with Crippen molar-refractivity contribution in [2.75, 3.05) is 7.11 Å². The van der Waals surface area contributed by atoms with E-state index in [1.54, 1.807) is 18.2 Å². The Bertz CT molecular complexity index is 583. The molecule has 0 heterocycles. The van der Waals surface area contributed by atoms with Crippen LogP contribution in [0.3, 0.4) is 0 Å². The van der Waals surface area contributed by atoms with E-state index in [1.807, 2.05) is 19.9 Å². The average molecular weight is 260 g/mol. The Labute approximate surface area is 112 Å². The molecule has 0 aliphatic rings. The third-order valence-corrected chi connectivity index (χ3v) is 3.19. The first-order valence-corrected chi connectivity index (χ1v) is 6.12. The van der Waals surface area contributed by atoms with Gasteiger partial charge in [0, 0.05) is 12.0 Å². The van der Waals surface area contributed by atoms with Crippen molar-refractivity contribution < 1.29 is 14.2 Å². The molecule has 2 aromatic rings. The maximum absolute atomic E-state index is 13.6. The van der Waals surface area contributed by atoms with Crippen molar-refractivity contribution in [3.63, 3.8) is 0 Å². The van der Waals surface area contributed by atoms with E-state index in [-0.39, 0.29) is 17.3 Å². The molecule has 2 aromatic carbocycles. The van der Waals surface area contributed by atoms with Gasteiger partial charge in [0.1, 0.15) is 5.75 Å². The summed E-state index contributed by atoms with van der Waals surface area (Å²) in [5.41, 5.74) is 3.66. The minimum Gasteiger partial charge on any atom is -0.508 e. The molecular weight excluding hydrogens is 243 g/mol. The van der Waals surface area contributed by atoms with Crippen LogP contribution >= 0.6 is 0 Å². The van der Waals surface area contributed by atoms with Crippen molar-refractivity contribution in [3.8, 4) is 11.5 Å². The van der Waals surface area contributed by atoms with Gasteiger partial charge in [-0.2, -0.15) is 0 Å². The highest BCUT2D eigenvalue weighted by molar-refractivity contribution is 5.45. The molecule has 0 spiro atoms. The number of aryl methyl sites for hydroxylation is 2. The lowest BCUT2D eigenvalue weighted by molar-refractivity contribution is 0.386. The SMILES string of the molecule is COc1ccc(Cc2c(C)cc(C)cc2O)cc1F. The summed E-state index contributed by atoms with van der Waals surface area (Å²) in [6.45, 7) is 3.88. The van der Waals surface area contributed by atoms with Crippen molar-refractivity contribution in [2.24, 2.45) is 0 Å². The van der Waals surface area contributed by atoms with Gasteiger partial charge in [0.2, 0.25) is 0 Å². The Morgan fingerprint density at radius 1 is 1.16 bits per heavy atom. The molecule has 0 saturated heterocycles. The summed E-state index contributed by atoms with van der Waals surface area (Å²) in [5.74, 6) is 0.103. The van der Waals surface area contributed by atoms with E-state index in [9.17, 15) is 9.50 Å².